The topological polar surface area (TPSA) is 70.6 Å². The summed E-state index contributed by atoms with van der Waals surface area (Å²) in [5.41, 5.74) is 0.563. The van der Waals surface area contributed by atoms with Crippen molar-refractivity contribution in [1.82, 2.24) is 14.2 Å². The van der Waals surface area contributed by atoms with Crippen LogP contribution in [0.1, 0.15) is 10.4 Å². The lowest BCUT2D eigenvalue weighted by atomic mass is 10.2. The maximum Gasteiger partial charge on any atom is 0.256 e. The van der Waals surface area contributed by atoms with Crippen LogP contribution in [0.25, 0.3) is 0 Å². The third-order valence-electron chi connectivity index (χ3n) is 3.86. The van der Waals surface area contributed by atoms with Gasteiger partial charge in [0.05, 0.1) is 9.35 Å². The van der Waals surface area contributed by atoms with E-state index in [0.717, 1.165) is 3.79 Å². The van der Waals surface area contributed by atoms with Crippen LogP contribution >= 0.6 is 39.0 Å². The number of sulfonamides is 1. The van der Waals surface area contributed by atoms with E-state index in [1.54, 1.807) is 35.4 Å². The highest BCUT2D eigenvalue weighted by molar-refractivity contribution is 9.11. The van der Waals surface area contributed by atoms with E-state index in [1.165, 1.54) is 27.4 Å². The summed E-state index contributed by atoms with van der Waals surface area (Å²) in [5, 5.41) is 0.686. The number of carbonyl (C=O) groups is 1. The molecule has 1 fully saturated rings. The number of piperazine rings is 1. The Bertz CT molecular complexity index is 877. The second-order valence-corrected chi connectivity index (χ2v) is 10.7. The summed E-state index contributed by atoms with van der Waals surface area (Å²) in [5.74, 6) is -0.103. The minimum atomic E-state index is -3.50. The molecule has 0 bridgehead atoms. The number of carbonyl (C=O) groups excluding carboxylic acids is 1. The Morgan fingerprint density at radius 1 is 1.24 bits per heavy atom. The number of pyridine rings is 1. The second-order valence-electron chi connectivity index (χ2n) is 5.32. The Balaban J connectivity index is 1.70. The standard InChI is InChI=1S/C15H16BrN3O3S3/c1-23-14-11(3-2-6-17-14)15(20)18-7-9-19(10-8-18)25(21,22)13-5-4-12(16)24-13/h2-6H,7-10H2,1H3. The van der Waals surface area contributed by atoms with Crippen LogP contribution in [0.5, 0.6) is 0 Å². The van der Waals surface area contributed by atoms with E-state index in [1.807, 2.05) is 6.26 Å². The summed E-state index contributed by atoms with van der Waals surface area (Å²) >= 11 is 5.91. The van der Waals surface area contributed by atoms with Gasteiger partial charge < -0.3 is 4.90 Å². The molecule has 1 aliphatic rings. The van der Waals surface area contributed by atoms with Gasteiger partial charge in [0.15, 0.2) is 0 Å². The van der Waals surface area contributed by atoms with Crippen LogP contribution in [-0.4, -0.2) is 60.9 Å². The largest absolute Gasteiger partial charge is 0.336 e. The SMILES string of the molecule is CSc1ncccc1C(=O)N1CCN(S(=O)(=O)c2ccc(Br)s2)CC1. The summed E-state index contributed by atoms with van der Waals surface area (Å²) in [7, 11) is -3.50. The highest BCUT2D eigenvalue weighted by Crippen LogP contribution is 2.29. The molecular weight excluding hydrogens is 446 g/mol. The number of amides is 1. The second kappa shape index (κ2) is 7.75. The van der Waals surface area contributed by atoms with Gasteiger partial charge in [-0.2, -0.15) is 4.31 Å². The fourth-order valence-corrected chi connectivity index (χ4v) is 6.71. The molecule has 0 atom stereocenters. The molecule has 134 valence electrons. The molecule has 0 aromatic carbocycles. The molecule has 0 radical (unpaired) electrons. The maximum absolute atomic E-state index is 12.7. The van der Waals surface area contributed by atoms with Gasteiger partial charge in [-0.1, -0.05) is 0 Å². The zero-order valence-electron chi connectivity index (χ0n) is 13.4. The zero-order valence-corrected chi connectivity index (χ0v) is 17.4. The van der Waals surface area contributed by atoms with Crippen molar-refractivity contribution in [3.8, 4) is 0 Å². The molecule has 2 aromatic rings. The van der Waals surface area contributed by atoms with Crippen LogP contribution in [0.3, 0.4) is 0 Å². The zero-order chi connectivity index (χ0) is 18.0. The van der Waals surface area contributed by atoms with Crippen LogP contribution in [-0.2, 0) is 10.0 Å². The predicted octanol–water partition coefficient (Wildman–Crippen LogP) is 2.77. The molecule has 0 spiro atoms. The fourth-order valence-electron chi connectivity index (χ4n) is 2.58. The number of rotatable bonds is 4. The highest BCUT2D eigenvalue weighted by atomic mass is 79.9. The predicted molar refractivity (Wildman–Crippen MR) is 103 cm³/mol. The molecule has 6 nitrogen and oxygen atoms in total. The minimum absolute atomic E-state index is 0.103. The molecule has 2 aromatic heterocycles. The number of halogens is 1. The van der Waals surface area contributed by atoms with E-state index in [9.17, 15) is 13.2 Å². The quantitative estimate of drug-likeness (QED) is 0.654. The molecule has 0 unspecified atom stereocenters. The first-order valence-corrected chi connectivity index (χ1v) is 11.7. The third-order valence-corrected chi connectivity index (χ3v) is 8.57. The van der Waals surface area contributed by atoms with Crippen molar-refractivity contribution in [3.63, 3.8) is 0 Å². The lowest BCUT2D eigenvalue weighted by molar-refractivity contribution is 0.0693. The van der Waals surface area contributed by atoms with Crippen LogP contribution in [0.4, 0.5) is 0 Å². The molecule has 3 rings (SSSR count). The molecule has 1 aliphatic heterocycles. The Kier molecular flexibility index (Phi) is 5.84. The average Bonchev–Trinajstić information content (AvgIpc) is 3.08. The first-order chi connectivity index (χ1) is 11.9. The lowest BCUT2D eigenvalue weighted by Gasteiger charge is -2.33. The van der Waals surface area contributed by atoms with Crippen LogP contribution in [0, 0.1) is 0 Å². The van der Waals surface area contributed by atoms with Crippen molar-refractivity contribution in [2.45, 2.75) is 9.24 Å². The van der Waals surface area contributed by atoms with E-state index in [4.69, 9.17) is 0 Å². The van der Waals surface area contributed by atoms with E-state index in [-0.39, 0.29) is 5.91 Å². The van der Waals surface area contributed by atoms with Crippen molar-refractivity contribution in [2.24, 2.45) is 0 Å². The monoisotopic (exact) mass is 461 g/mol. The molecule has 1 amide bonds. The van der Waals surface area contributed by atoms with Gasteiger partial charge in [0, 0.05) is 32.4 Å². The molecular formula is C15H16BrN3O3S3. The number of hydrogen-bond acceptors (Lipinski definition) is 6. The van der Waals surface area contributed by atoms with Gasteiger partial charge in [-0.05, 0) is 46.5 Å². The minimum Gasteiger partial charge on any atom is -0.336 e. The summed E-state index contributed by atoms with van der Waals surface area (Å²) in [4.78, 5) is 18.6. The number of hydrogen-bond donors (Lipinski definition) is 0. The van der Waals surface area contributed by atoms with Crippen molar-refractivity contribution in [2.75, 3.05) is 32.4 Å². The molecule has 0 N–H and O–H groups in total. The van der Waals surface area contributed by atoms with Gasteiger partial charge in [-0.3, -0.25) is 4.79 Å². The number of thioether (sulfide) groups is 1. The Hall–Kier alpha value is -0.940. The van der Waals surface area contributed by atoms with Gasteiger partial charge in [0.25, 0.3) is 15.9 Å². The van der Waals surface area contributed by atoms with Crippen LogP contribution in [0.2, 0.25) is 0 Å². The van der Waals surface area contributed by atoms with Crippen molar-refractivity contribution in [3.05, 3.63) is 39.8 Å². The lowest BCUT2D eigenvalue weighted by Crippen LogP contribution is -2.50. The number of nitrogens with zero attached hydrogens (tertiary/aromatic N) is 3. The summed E-state index contributed by atoms with van der Waals surface area (Å²) < 4.78 is 27.8. The van der Waals surface area contributed by atoms with Crippen molar-refractivity contribution < 1.29 is 13.2 Å². The molecule has 0 saturated carbocycles. The molecule has 0 aliphatic carbocycles. The normalized spacial score (nSPS) is 16.2. The van der Waals surface area contributed by atoms with Gasteiger partial charge >= 0.3 is 0 Å². The van der Waals surface area contributed by atoms with Gasteiger partial charge in [0.1, 0.15) is 9.24 Å². The third kappa shape index (κ3) is 3.92. The van der Waals surface area contributed by atoms with Crippen LogP contribution < -0.4 is 0 Å². The summed E-state index contributed by atoms with van der Waals surface area (Å²) in [6.45, 7) is 1.32. The number of aromatic nitrogens is 1. The Morgan fingerprint density at radius 3 is 2.56 bits per heavy atom. The smallest absolute Gasteiger partial charge is 0.256 e. The highest BCUT2D eigenvalue weighted by Gasteiger charge is 2.31. The molecule has 10 heteroatoms. The van der Waals surface area contributed by atoms with E-state index in [2.05, 4.69) is 20.9 Å². The Morgan fingerprint density at radius 2 is 1.96 bits per heavy atom. The fraction of sp³-hybridized carbons (Fsp3) is 0.333. The number of thiophene rings is 1. The molecule has 1 saturated heterocycles. The van der Waals surface area contributed by atoms with E-state index in [0.29, 0.717) is 41.0 Å². The average molecular weight is 462 g/mol. The summed E-state index contributed by atoms with van der Waals surface area (Å²) in [6, 6.07) is 6.82. The Labute approximate surface area is 163 Å². The van der Waals surface area contributed by atoms with Crippen molar-refractivity contribution >= 4 is 55.0 Å². The first-order valence-electron chi connectivity index (χ1n) is 7.47. The molecule has 25 heavy (non-hydrogen) atoms. The maximum atomic E-state index is 12.7. The van der Waals surface area contributed by atoms with E-state index < -0.39 is 10.0 Å². The van der Waals surface area contributed by atoms with E-state index >= 15 is 0 Å². The first kappa shape index (κ1) is 18.8. The van der Waals surface area contributed by atoms with Crippen LogP contribution in [0.15, 0.2) is 43.5 Å². The van der Waals surface area contributed by atoms with Crippen molar-refractivity contribution in [1.29, 1.82) is 0 Å². The molecule has 3 heterocycles. The van der Waals surface area contributed by atoms with Gasteiger partial charge in [-0.25, -0.2) is 13.4 Å². The van der Waals surface area contributed by atoms with Gasteiger partial charge in [-0.15, -0.1) is 23.1 Å². The summed E-state index contributed by atoms with van der Waals surface area (Å²) in [6.07, 6.45) is 3.54. The van der Waals surface area contributed by atoms with Gasteiger partial charge in [0.2, 0.25) is 0 Å².